The highest BCUT2D eigenvalue weighted by atomic mass is 16.5. The van der Waals surface area contributed by atoms with E-state index in [-0.39, 0.29) is 0 Å². The van der Waals surface area contributed by atoms with Crippen molar-refractivity contribution in [2.24, 2.45) is 5.41 Å². The second-order valence-electron chi connectivity index (χ2n) is 6.07. The van der Waals surface area contributed by atoms with Gasteiger partial charge in [0.05, 0.1) is 18.8 Å². The first-order valence-electron chi connectivity index (χ1n) is 7.19. The van der Waals surface area contributed by atoms with Crippen LogP contribution in [0.5, 0.6) is 0 Å². The molecule has 1 rings (SSSR count). The molecule has 1 aromatic rings. The molecule has 5 heteroatoms. The van der Waals surface area contributed by atoms with E-state index in [1.165, 1.54) is 0 Å². The summed E-state index contributed by atoms with van der Waals surface area (Å²) in [5, 5.41) is 11.5. The van der Waals surface area contributed by atoms with Gasteiger partial charge in [0.25, 0.3) is 0 Å². The molecule has 0 atom stereocenters. The molecule has 0 aliphatic carbocycles. The highest BCUT2D eigenvalue weighted by Gasteiger charge is 2.09. The van der Waals surface area contributed by atoms with Crippen molar-refractivity contribution in [3.8, 4) is 0 Å². The zero-order valence-corrected chi connectivity index (χ0v) is 12.8. The van der Waals surface area contributed by atoms with Crippen molar-refractivity contribution in [1.82, 2.24) is 20.3 Å². The molecule has 0 spiro atoms. The van der Waals surface area contributed by atoms with E-state index < -0.39 is 0 Å². The van der Waals surface area contributed by atoms with Crippen LogP contribution in [0.2, 0.25) is 0 Å². The van der Waals surface area contributed by atoms with Crippen LogP contribution in [0.1, 0.15) is 46.2 Å². The van der Waals surface area contributed by atoms with Gasteiger partial charge in [0.15, 0.2) is 0 Å². The Morgan fingerprint density at radius 1 is 1.32 bits per heavy atom. The Labute approximate surface area is 116 Å². The highest BCUT2D eigenvalue weighted by Crippen LogP contribution is 2.17. The molecule has 110 valence electrons. The summed E-state index contributed by atoms with van der Waals surface area (Å²) in [6.45, 7) is 12.9. The van der Waals surface area contributed by atoms with Crippen LogP contribution >= 0.6 is 0 Å². The van der Waals surface area contributed by atoms with Gasteiger partial charge in [0.1, 0.15) is 0 Å². The summed E-state index contributed by atoms with van der Waals surface area (Å²) in [6, 6.07) is 0. The van der Waals surface area contributed by atoms with E-state index in [9.17, 15) is 0 Å². The maximum atomic E-state index is 5.62. The summed E-state index contributed by atoms with van der Waals surface area (Å²) in [7, 11) is 0. The lowest BCUT2D eigenvalue weighted by atomic mass is 9.93. The molecule has 0 bridgehead atoms. The summed E-state index contributed by atoms with van der Waals surface area (Å²) < 4.78 is 7.46. The van der Waals surface area contributed by atoms with Gasteiger partial charge >= 0.3 is 0 Å². The van der Waals surface area contributed by atoms with E-state index in [0.29, 0.717) is 12.0 Å². The van der Waals surface area contributed by atoms with E-state index in [1.807, 2.05) is 10.9 Å². The molecule has 0 amide bonds. The van der Waals surface area contributed by atoms with Gasteiger partial charge in [0.2, 0.25) is 0 Å². The van der Waals surface area contributed by atoms with Crippen LogP contribution in [0.4, 0.5) is 0 Å². The van der Waals surface area contributed by atoms with Crippen LogP contribution in [0.25, 0.3) is 0 Å². The highest BCUT2D eigenvalue weighted by molar-refractivity contribution is 4.91. The molecule has 0 fully saturated rings. The lowest BCUT2D eigenvalue weighted by Crippen LogP contribution is -2.14. The third-order valence-electron chi connectivity index (χ3n) is 2.78. The number of hydrogen-bond acceptors (Lipinski definition) is 4. The molecule has 0 unspecified atom stereocenters. The minimum Gasteiger partial charge on any atom is -0.380 e. The number of rotatable bonds is 9. The Balaban J connectivity index is 2.12. The van der Waals surface area contributed by atoms with Crippen molar-refractivity contribution in [3.05, 3.63) is 11.9 Å². The van der Waals surface area contributed by atoms with Gasteiger partial charge < -0.3 is 10.1 Å². The van der Waals surface area contributed by atoms with Gasteiger partial charge in [-0.2, -0.15) is 0 Å². The molecule has 1 aromatic heterocycles. The van der Waals surface area contributed by atoms with Crippen LogP contribution in [-0.2, 0) is 17.8 Å². The second-order valence-corrected chi connectivity index (χ2v) is 6.07. The first-order chi connectivity index (χ1) is 9.01. The molecular formula is C14H28N4O. The monoisotopic (exact) mass is 268 g/mol. The lowest BCUT2D eigenvalue weighted by Gasteiger charge is -2.17. The zero-order valence-electron chi connectivity index (χ0n) is 12.8. The topological polar surface area (TPSA) is 52.0 Å². The Morgan fingerprint density at radius 2 is 2.11 bits per heavy atom. The third kappa shape index (κ3) is 7.95. The first kappa shape index (κ1) is 16.1. The molecule has 0 radical (unpaired) electrons. The van der Waals surface area contributed by atoms with Crippen molar-refractivity contribution >= 4 is 0 Å². The van der Waals surface area contributed by atoms with Crippen molar-refractivity contribution in [1.29, 1.82) is 0 Å². The van der Waals surface area contributed by atoms with Crippen LogP contribution < -0.4 is 5.32 Å². The molecule has 1 N–H and O–H groups in total. The summed E-state index contributed by atoms with van der Waals surface area (Å²) in [6.07, 6.45) is 4.20. The quantitative estimate of drug-likeness (QED) is 0.698. The normalized spacial score (nSPS) is 12.0. The van der Waals surface area contributed by atoms with Crippen LogP contribution in [-0.4, -0.2) is 34.8 Å². The van der Waals surface area contributed by atoms with E-state index in [0.717, 1.165) is 44.8 Å². The molecular weight excluding hydrogens is 240 g/mol. The van der Waals surface area contributed by atoms with Crippen molar-refractivity contribution in [3.63, 3.8) is 0 Å². The Bertz CT molecular complexity index is 343. The molecule has 0 aliphatic heterocycles. The molecule has 0 aromatic carbocycles. The summed E-state index contributed by atoms with van der Waals surface area (Å²) >= 11 is 0. The smallest absolute Gasteiger partial charge is 0.0964 e. The SMILES string of the molecule is CCCNCc1cn(CCOCCC(C)(C)C)nn1. The number of hydrogen-bond donors (Lipinski definition) is 1. The second kappa shape index (κ2) is 8.27. The van der Waals surface area contributed by atoms with E-state index >= 15 is 0 Å². The van der Waals surface area contributed by atoms with Gasteiger partial charge in [-0.05, 0) is 24.8 Å². The predicted molar refractivity (Wildman–Crippen MR) is 76.9 cm³/mol. The number of aromatic nitrogens is 3. The van der Waals surface area contributed by atoms with E-state index in [1.54, 1.807) is 0 Å². The summed E-state index contributed by atoms with van der Waals surface area (Å²) in [5.41, 5.74) is 1.33. The Kier molecular flexibility index (Phi) is 7.02. The fourth-order valence-electron chi connectivity index (χ4n) is 1.56. The van der Waals surface area contributed by atoms with E-state index in [2.05, 4.69) is 43.3 Å². The average molecular weight is 268 g/mol. The van der Waals surface area contributed by atoms with Crippen LogP contribution in [0.3, 0.4) is 0 Å². The summed E-state index contributed by atoms with van der Waals surface area (Å²) in [5.74, 6) is 0. The maximum Gasteiger partial charge on any atom is 0.0964 e. The molecule has 5 nitrogen and oxygen atoms in total. The molecule has 0 aliphatic rings. The van der Waals surface area contributed by atoms with Gasteiger partial charge in [-0.1, -0.05) is 32.9 Å². The lowest BCUT2D eigenvalue weighted by molar-refractivity contribution is 0.0996. The van der Waals surface area contributed by atoms with Crippen molar-refractivity contribution in [2.75, 3.05) is 19.8 Å². The number of ether oxygens (including phenoxy) is 1. The minimum atomic E-state index is 0.339. The molecule has 0 saturated heterocycles. The van der Waals surface area contributed by atoms with Gasteiger partial charge in [0, 0.05) is 19.3 Å². The van der Waals surface area contributed by atoms with Gasteiger partial charge in [-0.15, -0.1) is 5.10 Å². The van der Waals surface area contributed by atoms with Crippen molar-refractivity contribution < 1.29 is 4.74 Å². The predicted octanol–water partition coefficient (Wildman–Crippen LogP) is 2.23. The largest absolute Gasteiger partial charge is 0.380 e. The first-order valence-corrected chi connectivity index (χ1v) is 7.19. The van der Waals surface area contributed by atoms with Crippen LogP contribution in [0, 0.1) is 5.41 Å². The average Bonchev–Trinajstić information content (AvgIpc) is 2.75. The minimum absolute atomic E-state index is 0.339. The van der Waals surface area contributed by atoms with E-state index in [4.69, 9.17) is 4.74 Å². The molecule has 1 heterocycles. The zero-order chi connectivity index (χ0) is 14.1. The third-order valence-corrected chi connectivity index (χ3v) is 2.78. The Hall–Kier alpha value is -0.940. The van der Waals surface area contributed by atoms with Gasteiger partial charge in [-0.25, -0.2) is 4.68 Å². The number of nitrogens with one attached hydrogen (secondary N) is 1. The standard InChI is InChI=1S/C14H28N4O/c1-5-7-15-11-13-12-18(17-16-13)8-10-19-9-6-14(2,3)4/h12,15H,5-11H2,1-4H3. The number of nitrogens with zero attached hydrogens (tertiary/aromatic N) is 3. The van der Waals surface area contributed by atoms with Crippen LogP contribution in [0.15, 0.2) is 6.20 Å². The Morgan fingerprint density at radius 3 is 2.79 bits per heavy atom. The van der Waals surface area contributed by atoms with Gasteiger partial charge in [-0.3, -0.25) is 0 Å². The fraction of sp³-hybridized carbons (Fsp3) is 0.857. The van der Waals surface area contributed by atoms with Crippen molar-refractivity contribution in [2.45, 2.75) is 53.6 Å². The summed E-state index contributed by atoms with van der Waals surface area (Å²) in [4.78, 5) is 0. The maximum absolute atomic E-state index is 5.62. The molecule has 19 heavy (non-hydrogen) atoms. The molecule has 0 saturated carbocycles. The fourth-order valence-corrected chi connectivity index (χ4v) is 1.56.